The normalized spacial score (nSPS) is 15.0. The molecule has 0 aliphatic carbocycles. The standard InChI is InChI=1S/C19H17ClF2N2O2/c20-15-2-1-3-16(22)17(15)19(26)24-10-8-12(9-11-24)18(25)23-14-6-4-13(21)5-7-14/h1-7,12H,8-11H2,(H,23,25). The van der Waals surface area contributed by atoms with Gasteiger partial charge in [0.05, 0.1) is 10.6 Å². The minimum absolute atomic E-state index is 0.0752. The fraction of sp³-hybridized carbons (Fsp3) is 0.263. The Morgan fingerprint density at radius 1 is 1.04 bits per heavy atom. The van der Waals surface area contributed by atoms with Crippen molar-refractivity contribution in [2.75, 3.05) is 18.4 Å². The van der Waals surface area contributed by atoms with E-state index in [1.807, 2.05) is 0 Å². The van der Waals surface area contributed by atoms with Gasteiger partial charge in [-0.3, -0.25) is 9.59 Å². The molecule has 0 radical (unpaired) electrons. The van der Waals surface area contributed by atoms with E-state index in [4.69, 9.17) is 11.6 Å². The average Bonchev–Trinajstić information content (AvgIpc) is 2.63. The van der Waals surface area contributed by atoms with Gasteiger partial charge in [-0.25, -0.2) is 8.78 Å². The summed E-state index contributed by atoms with van der Waals surface area (Å²) >= 11 is 5.95. The van der Waals surface area contributed by atoms with E-state index < -0.39 is 11.7 Å². The molecule has 1 aliphatic heterocycles. The van der Waals surface area contributed by atoms with Crippen molar-refractivity contribution in [2.24, 2.45) is 5.92 Å². The predicted octanol–water partition coefficient (Wildman–Crippen LogP) is 4.11. The van der Waals surface area contributed by atoms with Crippen LogP contribution in [-0.2, 0) is 4.79 Å². The molecule has 4 nitrogen and oxygen atoms in total. The van der Waals surface area contributed by atoms with Crippen molar-refractivity contribution in [3.63, 3.8) is 0 Å². The lowest BCUT2D eigenvalue weighted by Crippen LogP contribution is -2.41. The molecule has 1 aliphatic rings. The molecule has 0 bridgehead atoms. The fourth-order valence-electron chi connectivity index (χ4n) is 2.98. The molecule has 1 fully saturated rings. The molecule has 2 aromatic rings. The zero-order chi connectivity index (χ0) is 18.7. The summed E-state index contributed by atoms with van der Waals surface area (Å²) in [4.78, 5) is 26.3. The van der Waals surface area contributed by atoms with Gasteiger partial charge in [-0.1, -0.05) is 17.7 Å². The monoisotopic (exact) mass is 378 g/mol. The third kappa shape index (κ3) is 4.02. The van der Waals surface area contributed by atoms with Crippen LogP contribution in [0.15, 0.2) is 42.5 Å². The third-order valence-corrected chi connectivity index (χ3v) is 4.76. The van der Waals surface area contributed by atoms with Crippen molar-refractivity contribution in [3.8, 4) is 0 Å². The number of amides is 2. The quantitative estimate of drug-likeness (QED) is 0.873. The Bertz CT molecular complexity index is 799. The third-order valence-electron chi connectivity index (χ3n) is 4.44. The summed E-state index contributed by atoms with van der Waals surface area (Å²) < 4.78 is 26.8. The van der Waals surface area contributed by atoms with E-state index in [-0.39, 0.29) is 28.2 Å². The van der Waals surface area contributed by atoms with E-state index in [9.17, 15) is 18.4 Å². The molecule has 7 heteroatoms. The number of carbonyl (C=O) groups excluding carboxylic acids is 2. The van der Waals surface area contributed by atoms with E-state index in [2.05, 4.69) is 5.32 Å². The molecule has 26 heavy (non-hydrogen) atoms. The van der Waals surface area contributed by atoms with Crippen LogP contribution in [0.1, 0.15) is 23.2 Å². The van der Waals surface area contributed by atoms with Crippen molar-refractivity contribution < 1.29 is 18.4 Å². The number of nitrogens with zero attached hydrogens (tertiary/aromatic N) is 1. The van der Waals surface area contributed by atoms with Crippen LogP contribution in [0.3, 0.4) is 0 Å². The molecule has 2 aromatic carbocycles. The van der Waals surface area contributed by atoms with E-state index >= 15 is 0 Å². The second kappa shape index (κ2) is 7.83. The number of rotatable bonds is 3. The van der Waals surface area contributed by atoms with Gasteiger partial charge in [0.15, 0.2) is 0 Å². The molecular formula is C19H17ClF2N2O2. The zero-order valence-electron chi connectivity index (χ0n) is 13.8. The Balaban J connectivity index is 1.59. The van der Waals surface area contributed by atoms with Gasteiger partial charge in [0.1, 0.15) is 11.6 Å². The second-order valence-electron chi connectivity index (χ2n) is 6.16. The number of likely N-dealkylation sites (tertiary alicyclic amines) is 1. The molecule has 0 spiro atoms. The van der Waals surface area contributed by atoms with Crippen molar-refractivity contribution in [1.29, 1.82) is 0 Å². The molecule has 136 valence electrons. The Morgan fingerprint density at radius 3 is 2.31 bits per heavy atom. The number of piperidine rings is 1. The number of anilines is 1. The van der Waals surface area contributed by atoms with Crippen LogP contribution in [0.5, 0.6) is 0 Å². The number of nitrogens with one attached hydrogen (secondary N) is 1. The summed E-state index contributed by atoms with van der Waals surface area (Å²) in [5.74, 6) is -1.93. The van der Waals surface area contributed by atoms with Crippen LogP contribution < -0.4 is 5.32 Å². The fourth-order valence-corrected chi connectivity index (χ4v) is 3.23. The van der Waals surface area contributed by atoms with Crippen molar-refractivity contribution in [1.82, 2.24) is 4.90 Å². The summed E-state index contributed by atoms with van der Waals surface area (Å²) in [6.45, 7) is 0.677. The van der Waals surface area contributed by atoms with Crippen LogP contribution in [0.4, 0.5) is 14.5 Å². The molecule has 0 atom stereocenters. The molecule has 1 N–H and O–H groups in total. The van der Waals surface area contributed by atoms with Gasteiger partial charge in [-0.2, -0.15) is 0 Å². The summed E-state index contributed by atoms with van der Waals surface area (Å²) in [6, 6.07) is 9.64. The highest BCUT2D eigenvalue weighted by molar-refractivity contribution is 6.33. The highest BCUT2D eigenvalue weighted by Crippen LogP contribution is 2.25. The lowest BCUT2D eigenvalue weighted by atomic mass is 9.95. The largest absolute Gasteiger partial charge is 0.338 e. The van der Waals surface area contributed by atoms with Gasteiger partial charge in [0, 0.05) is 24.7 Å². The van der Waals surface area contributed by atoms with E-state index in [1.54, 1.807) is 0 Å². The highest BCUT2D eigenvalue weighted by atomic mass is 35.5. The average molecular weight is 379 g/mol. The molecule has 1 heterocycles. The van der Waals surface area contributed by atoms with Crippen molar-refractivity contribution in [3.05, 3.63) is 64.7 Å². The SMILES string of the molecule is O=C(Nc1ccc(F)cc1)C1CCN(C(=O)c2c(F)cccc2Cl)CC1. The molecule has 0 saturated carbocycles. The molecule has 3 rings (SSSR count). The lowest BCUT2D eigenvalue weighted by molar-refractivity contribution is -0.121. The first-order valence-electron chi connectivity index (χ1n) is 8.25. The van der Waals surface area contributed by atoms with E-state index in [0.29, 0.717) is 31.6 Å². The van der Waals surface area contributed by atoms with E-state index in [0.717, 1.165) is 0 Å². The Kier molecular flexibility index (Phi) is 5.52. The number of benzene rings is 2. The summed E-state index contributed by atoms with van der Waals surface area (Å²) in [5.41, 5.74) is 0.386. The molecule has 0 aromatic heterocycles. The van der Waals surface area contributed by atoms with Gasteiger partial charge in [-0.05, 0) is 49.2 Å². The van der Waals surface area contributed by atoms with Gasteiger partial charge in [-0.15, -0.1) is 0 Å². The first kappa shape index (κ1) is 18.3. The minimum atomic E-state index is -0.654. The maximum absolute atomic E-state index is 13.9. The number of hydrogen-bond donors (Lipinski definition) is 1. The van der Waals surface area contributed by atoms with Crippen molar-refractivity contribution >= 4 is 29.1 Å². The van der Waals surface area contributed by atoms with Gasteiger partial charge >= 0.3 is 0 Å². The summed E-state index contributed by atoms with van der Waals surface area (Å²) in [5, 5.41) is 2.82. The Morgan fingerprint density at radius 2 is 1.69 bits per heavy atom. The Labute approximate surface area is 154 Å². The van der Waals surface area contributed by atoms with Crippen LogP contribution in [0, 0.1) is 17.6 Å². The minimum Gasteiger partial charge on any atom is -0.338 e. The van der Waals surface area contributed by atoms with Crippen LogP contribution in [0.25, 0.3) is 0 Å². The molecule has 2 amide bonds. The topological polar surface area (TPSA) is 49.4 Å². The maximum Gasteiger partial charge on any atom is 0.258 e. The number of halogens is 3. The highest BCUT2D eigenvalue weighted by Gasteiger charge is 2.29. The summed E-state index contributed by atoms with van der Waals surface area (Å²) in [6.07, 6.45) is 0.926. The lowest BCUT2D eigenvalue weighted by Gasteiger charge is -2.31. The van der Waals surface area contributed by atoms with E-state index in [1.165, 1.54) is 47.4 Å². The molecular weight excluding hydrogens is 362 g/mol. The smallest absolute Gasteiger partial charge is 0.258 e. The predicted molar refractivity (Wildman–Crippen MR) is 95.1 cm³/mol. The van der Waals surface area contributed by atoms with Gasteiger partial charge in [0.25, 0.3) is 5.91 Å². The zero-order valence-corrected chi connectivity index (χ0v) is 14.6. The number of carbonyl (C=O) groups is 2. The first-order chi connectivity index (χ1) is 12.5. The van der Waals surface area contributed by atoms with Crippen LogP contribution in [-0.4, -0.2) is 29.8 Å². The van der Waals surface area contributed by atoms with Crippen LogP contribution in [0.2, 0.25) is 5.02 Å². The molecule has 1 saturated heterocycles. The second-order valence-corrected chi connectivity index (χ2v) is 6.57. The van der Waals surface area contributed by atoms with Crippen LogP contribution >= 0.6 is 11.6 Å². The number of hydrogen-bond acceptors (Lipinski definition) is 2. The van der Waals surface area contributed by atoms with Gasteiger partial charge in [0.2, 0.25) is 5.91 Å². The summed E-state index contributed by atoms with van der Waals surface area (Å²) in [7, 11) is 0. The molecule has 0 unspecified atom stereocenters. The maximum atomic E-state index is 13.9. The Hall–Kier alpha value is -2.47. The first-order valence-corrected chi connectivity index (χ1v) is 8.63. The van der Waals surface area contributed by atoms with Crippen molar-refractivity contribution in [2.45, 2.75) is 12.8 Å². The van der Waals surface area contributed by atoms with Gasteiger partial charge < -0.3 is 10.2 Å².